The zero-order valence-electron chi connectivity index (χ0n) is 14.1. The highest BCUT2D eigenvalue weighted by Gasteiger charge is 2.21. The van der Waals surface area contributed by atoms with Crippen LogP contribution in [0, 0.1) is 6.92 Å². The molecule has 1 aromatic carbocycles. The van der Waals surface area contributed by atoms with Gasteiger partial charge in [0.1, 0.15) is 0 Å². The van der Waals surface area contributed by atoms with Crippen molar-refractivity contribution in [2.45, 2.75) is 26.6 Å². The van der Waals surface area contributed by atoms with Gasteiger partial charge < -0.3 is 18.7 Å². The van der Waals surface area contributed by atoms with Crippen LogP contribution in [0.5, 0.6) is 11.5 Å². The molecule has 2 aromatic rings. The molecular weight excluding hydrogens is 354 g/mol. The molecule has 0 saturated carbocycles. The van der Waals surface area contributed by atoms with Gasteiger partial charge in [0.15, 0.2) is 17.6 Å². The van der Waals surface area contributed by atoms with E-state index in [1.807, 2.05) is 0 Å². The van der Waals surface area contributed by atoms with Gasteiger partial charge in [0, 0.05) is 6.07 Å². The standard InChI is InChI=1S/C16H16F2N2O6/c1-8-6-13(26-20-8)19-14(21)9(2)24-15(22)10-4-5-11(25-16(17)18)12(7-10)23-3/h4-7,9,16H,1-3H3,(H,19,21). The topological polar surface area (TPSA) is 99.9 Å². The molecule has 1 unspecified atom stereocenters. The van der Waals surface area contributed by atoms with Gasteiger partial charge in [-0.2, -0.15) is 8.78 Å². The largest absolute Gasteiger partial charge is 0.493 e. The van der Waals surface area contributed by atoms with Gasteiger partial charge in [-0.1, -0.05) is 5.16 Å². The number of ether oxygens (including phenoxy) is 3. The minimum absolute atomic E-state index is 0.00127. The maximum atomic E-state index is 12.3. The van der Waals surface area contributed by atoms with Crippen molar-refractivity contribution >= 4 is 17.8 Å². The quantitative estimate of drug-likeness (QED) is 0.748. The fourth-order valence-corrected chi connectivity index (χ4v) is 1.92. The number of nitrogens with zero attached hydrogens (tertiary/aromatic N) is 1. The molecule has 140 valence electrons. The van der Waals surface area contributed by atoms with Crippen LogP contribution >= 0.6 is 0 Å². The molecule has 0 aliphatic heterocycles. The van der Waals surface area contributed by atoms with Crippen LogP contribution in [0.1, 0.15) is 23.0 Å². The van der Waals surface area contributed by atoms with Crippen LogP contribution in [0.15, 0.2) is 28.8 Å². The molecule has 1 atom stereocenters. The zero-order chi connectivity index (χ0) is 19.3. The van der Waals surface area contributed by atoms with Gasteiger partial charge in [0.25, 0.3) is 5.91 Å². The number of carbonyl (C=O) groups is 2. The number of aromatic nitrogens is 1. The molecule has 10 heteroatoms. The Kier molecular flexibility index (Phi) is 6.10. The van der Waals surface area contributed by atoms with Crippen LogP contribution in [0.4, 0.5) is 14.7 Å². The van der Waals surface area contributed by atoms with Gasteiger partial charge in [-0.3, -0.25) is 10.1 Å². The first-order valence-corrected chi connectivity index (χ1v) is 7.38. The van der Waals surface area contributed by atoms with Crippen molar-refractivity contribution in [3.8, 4) is 11.5 Å². The molecule has 0 aliphatic rings. The van der Waals surface area contributed by atoms with E-state index >= 15 is 0 Å². The maximum absolute atomic E-state index is 12.3. The van der Waals surface area contributed by atoms with Crippen molar-refractivity contribution in [3.63, 3.8) is 0 Å². The average molecular weight is 370 g/mol. The predicted molar refractivity (Wildman–Crippen MR) is 84.4 cm³/mol. The number of nitrogens with one attached hydrogen (secondary N) is 1. The number of hydrogen-bond acceptors (Lipinski definition) is 7. The first kappa shape index (κ1) is 19.2. The summed E-state index contributed by atoms with van der Waals surface area (Å²) in [5.74, 6) is -1.66. The third-order valence-corrected chi connectivity index (χ3v) is 3.14. The number of hydrogen-bond donors (Lipinski definition) is 1. The summed E-state index contributed by atoms with van der Waals surface area (Å²) >= 11 is 0. The summed E-state index contributed by atoms with van der Waals surface area (Å²) in [7, 11) is 1.23. The summed E-state index contributed by atoms with van der Waals surface area (Å²) in [4.78, 5) is 24.1. The maximum Gasteiger partial charge on any atom is 0.387 e. The molecule has 0 fully saturated rings. The molecule has 0 saturated heterocycles. The van der Waals surface area contributed by atoms with Gasteiger partial charge in [0.05, 0.1) is 18.4 Å². The molecule has 1 amide bonds. The van der Waals surface area contributed by atoms with Crippen molar-refractivity contribution in [1.29, 1.82) is 0 Å². The second kappa shape index (κ2) is 8.28. The number of benzene rings is 1. The van der Waals surface area contributed by atoms with Gasteiger partial charge in [0.2, 0.25) is 5.88 Å². The third kappa shape index (κ3) is 4.91. The van der Waals surface area contributed by atoms with E-state index in [0.29, 0.717) is 5.69 Å². The first-order chi connectivity index (χ1) is 12.3. The Bertz CT molecular complexity index is 793. The van der Waals surface area contributed by atoms with Crippen LogP contribution in [0.2, 0.25) is 0 Å². The molecule has 1 aromatic heterocycles. The smallest absolute Gasteiger partial charge is 0.387 e. The summed E-state index contributed by atoms with van der Waals surface area (Å²) in [5, 5.41) is 6.01. The Morgan fingerprint density at radius 2 is 1.96 bits per heavy atom. The summed E-state index contributed by atoms with van der Waals surface area (Å²) in [6.45, 7) is 0.00415. The number of methoxy groups -OCH3 is 1. The van der Waals surface area contributed by atoms with Crippen LogP contribution in [0.3, 0.4) is 0 Å². The van der Waals surface area contributed by atoms with Crippen molar-refractivity contribution in [2.24, 2.45) is 0 Å². The Balaban J connectivity index is 2.02. The van der Waals surface area contributed by atoms with Crippen molar-refractivity contribution < 1.29 is 37.1 Å². The Hall–Kier alpha value is -3.17. The molecular formula is C16H16F2N2O6. The van der Waals surface area contributed by atoms with E-state index in [1.54, 1.807) is 6.92 Å². The number of carbonyl (C=O) groups excluding carboxylic acids is 2. The highest BCUT2D eigenvalue weighted by Crippen LogP contribution is 2.29. The number of alkyl halides is 2. The fourth-order valence-electron chi connectivity index (χ4n) is 1.92. The van der Waals surface area contributed by atoms with Crippen LogP contribution in [-0.4, -0.2) is 36.9 Å². The van der Waals surface area contributed by atoms with Gasteiger partial charge >= 0.3 is 12.6 Å². The van der Waals surface area contributed by atoms with Crippen molar-refractivity contribution in [1.82, 2.24) is 5.16 Å². The van der Waals surface area contributed by atoms with Crippen LogP contribution in [0.25, 0.3) is 0 Å². The lowest BCUT2D eigenvalue weighted by Gasteiger charge is -2.14. The number of esters is 1. The van der Waals surface area contributed by atoms with E-state index in [0.717, 1.165) is 6.07 Å². The monoisotopic (exact) mass is 370 g/mol. The second-order valence-electron chi connectivity index (χ2n) is 5.11. The molecule has 0 radical (unpaired) electrons. The van der Waals surface area contributed by atoms with E-state index in [1.165, 1.54) is 32.2 Å². The summed E-state index contributed by atoms with van der Waals surface area (Å²) in [6, 6.07) is 5.03. The number of amides is 1. The summed E-state index contributed by atoms with van der Waals surface area (Å²) in [5.41, 5.74) is 0.571. The minimum atomic E-state index is -3.04. The lowest BCUT2D eigenvalue weighted by Crippen LogP contribution is -2.29. The molecule has 26 heavy (non-hydrogen) atoms. The highest BCUT2D eigenvalue weighted by molar-refractivity contribution is 5.96. The molecule has 1 heterocycles. The molecule has 0 bridgehead atoms. The molecule has 8 nitrogen and oxygen atoms in total. The lowest BCUT2D eigenvalue weighted by molar-refractivity contribution is -0.123. The highest BCUT2D eigenvalue weighted by atomic mass is 19.3. The van der Waals surface area contributed by atoms with Crippen molar-refractivity contribution in [2.75, 3.05) is 12.4 Å². The van der Waals surface area contributed by atoms with Crippen LogP contribution in [-0.2, 0) is 9.53 Å². The lowest BCUT2D eigenvalue weighted by atomic mass is 10.2. The van der Waals surface area contributed by atoms with E-state index in [9.17, 15) is 18.4 Å². The zero-order valence-corrected chi connectivity index (χ0v) is 14.1. The Morgan fingerprint density at radius 3 is 2.54 bits per heavy atom. The Labute approximate surface area is 147 Å². The average Bonchev–Trinajstić information content (AvgIpc) is 2.99. The van der Waals surface area contributed by atoms with Gasteiger partial charge in [-0.15, -0.1) is 0 Å². The van der Waals surface area contributed by atoms with E-state index in [2.05, 4.69) is 15.2 Å². The number of anilines is 1. The minimum Gasteiger partial charge on any atom is -0.493 e. The van der Waals surface area contributed by atoms with Crippen LogP contribution < -0.4 is 14.8 Å². The van der Waals surface area contributed by atoms with Gasteiger partial charge in [-0.05, 0) is 32.0 Å². The first-order valence-electron chi connectivity index (χ1n) is 7.38. The third-order valence-electron chi connectivity index (χ3n) is 3.14. The van der Waals surface area contributed by atoms with E-state index < -0.39 is 24.6 Å². The Morgan fingerprint density at radius 1 is 1.23 bits per heavy atom. The van der Waals surface area contributed by atoms with E-state index in [4.69, 9.17) is 14.0 Å². The molecule has 0 aliphatic carbocycles. The van der Waals surface area contributed by atoms with Gasteiger partial charge in [-0.25, -0.2) is 4.79 Å². The summed E-state index contributed by atoms with van der Waals surface area (Å²) in [6.07, 6.45) is -1.14. The number of rotatable bonds is 7. The fraction of sp³-hybridized carbons (Fsp3) is 0.312. The normalized spacial score (nSPS) is 11.8. The van der Waals surface area contributed by atoms with E-state index in [-0.39, 0.29) is 22.9 Å². The SMILES string of the molecule is COc1cc(C(=O)OC(C)C(=O)Nc2cc(C)no2)ccc1OC(F)F. The molecule has 0 spiro atoms. The molecule has 2 rings (SSSR count). The summed E-state index contributed by atoms with van der Waals surface area (Å²) < 4.78 is 43.7. The molecule has 1 N–H and O–H groups in total. The predicted octanol–water partition coefficient (Wildman–Crippen LogP) is 2.78. The van der Waals surface area contributed by atoms with Crippen molar-refractivity contribution in [3.05, 3.63) is 35.5 Å². The second-order valence-corrected chi connectivity index (χ2v) is 5.11. The number of aryl methyl sites for hydroxylation is 1. The number of halogens is 2.